The molecule has 0 saturated heterocycles. The van der Waals surface area contributed by atoms with E-state index in [2.05, 4.69) is 24.9 Å². The molecule has 15 heteroatoms. The van der Waals surface area contributed by atoms with Gasteiger partial charge >= 0.3 is 11.9 Å². The maximum absolute atomic E-state index is 11.7. The fourth-order valence-corrected chi connectivity index (χ4v) is 7.35. The normalized spacial score (nSPS) is 18.7. The number of nitrogens with zero attached hydrogens (tertiary/aromatic N) is 5. The number of ether oxygens (including phenoxy) is 5. The molecule has 59 heavy (non-hydrogen) atoms. The molecule has 2 aliphatic carbocycles. The largest absolute Gasteiger partial charge is 0.497 e. The van der Waals surface area contributed by atoms with Crippen molar-refractivity contribution < 1.29 is 38.4 Å². The first kappa shape index (κ1) is 42.4. The van der Waals surface area contributed by atoms with E-state index >= 15 is 0 Å². The number of carbonyl (C=O) groups is 2. The van der Waals surface area contributed by atoms with Gasteiger partial charge in [-0.05, 0) is 92.8 Å². The second-order valence-electron chi connectivity index (χ2n) is 14.6. The number of methoxy groups -OCH3 is 4. The molecule has 0 spiro atoms. The van der Waals surface area contributed by atoms with Crippen molar-refractivity contribution in [2.24, 2.45) is 11.8 Å². The summed E-state index contributed by atoms with van der Waals surface area (Å²) < 4.78 is 29.7. The molecule has 15 nitrogen and oxygen atoms in total. The number of aromatic nitrogens is 6. The first-order chi connectivity index (χ1) is 28.7. The smallest absolute Gasteiger partial charge is 0.308 e. The summed E-state index contributed by atoms with van der Waals surface area (Å²) in [6, 6.07) is 19.1. The third-order valence-electron chi connectivity index (χ3n) is 10.8. The predicted molar refractivity (Wildman–Crippen MR) is 220 cm³/mol. The Balaban J connectivity index is 0.000000166. The summed E-state index contributed by atoms with van der Waals surface area (Å²) in [5, 5.41) is 19.4. The first-order valence-corrected chi connectivity index (χ1v) is 19.8. The van der Waals surface area contributed by atoms with Crippen LogP contribution in [0.15, 0.2) is 90.2 Å². The summed E-state index contributed by atoms with van der Waals surface area (Å²) >= 11 is 0. The van der Waals surface area contributed by atoms with Crippen LogP contribution in [0.5, 0.6) is 17.2 Å². The van der Waals surface area contributed by atoms with Crippen molar-refractivity contribution in [3.8, 4) is 17.2 Å². The zero-order chi connectivity index (χ0) is 41.7. The molecule has 0 radical (unpaired) electrons. The highest BCUT2D eigenvalue weighted by molar-refractivity contribution is 5.81. The van der Waals surface area contributed by atoms with Gasteiger partial charge in [0.25, 0.3) is 0 Å². The minimum Gasteiger partial charge on any atom is -0.497 e. The lowest BCUT2D eigenvalue weighted by Gasteiger charge is -2.27. The van der Waals surface area contributed by atoms with E-state index in [-0.39, 0.29) is 41.4 Å². The standard InChI is InChI=1S/C22H25N3O4.C14H13N3O2.C8H14O3/c1-27-17-7-3-15(4-8-17)14-25-21-19(13-24-25)20(11-12-23-21)29-18-9-5-16(6-10-18)22(26)28-2;1-19-11-4-2-10(3-5-11)9-17-14-12(8-16-17)13(18)6-7-15-14;1-11-8(10)6-2-4-7(9)5-3-6/h3-4,7-8,11-13,16,18H,5-6,9-10,14H2,1-2H3;2-8H,9H2,1H3,(H,15,18);6-7,9H,2-5H2,1H3. The van der Waals surface area contributed by atoms with E-state index in [9.17, 15) is 14.4 Å². The summed E-state index contributed by atoms with van der Waals surface area (Å²) in [6.07, 6.45) is 13.0. The Bertz CT molecular complexity index is 2320. The topological polar surface area (TPSA) is 182 Å². The van der Waals surface area contributed by atoms with Gasteiger partial charge in [-0.1, -0.05) is 24.3 Å². The second kappa shape index (κ2) is 20.5. The lowest BCUT2D eigenvalue weighted by molar-refractivity contribution is -0.148. The van der Waals surface area contributed by atoms with Crippen LogP contribution < -0.4 is 19.6 Å². The molecule has 0 aliphatic heterocycles. The maximum atomic E-state index is 11.7. The van der Waals surface area contributed by atoms with Gasteiger partial charge in [-0.15, -0.1) is 0 Å². The van der Waals surface area contributed by atoms with E-state index in [1.54, 1.807) is 43.7 Å². The highest BCUT2D eigenvalue weighted by atomic mass is 16.5. The van der Waals surface area contributed by atoms with E-state index in [4.69, 9.17) is 24.1 Å². The van der Waals surface area contributed by atoms with Crippen molar-refractivity contribution in [2.45, 2.75) is 76.7 Å². The van der Waals surface area contributed by atoms with E-state index in [0.29, 0.717) is 18.5 Å². The number of aromatic amines is 1. The van der Waals surface area contributed by atoms with E-state index in [0.717, 1.165) is 96.4 Å². The number of aliphatic hydroxyl groups is 1. The van der Waals surface area contributed by atoms with Crippen LogP contribution in [0.4, 0.5) is 0 Å². The summed E-state index contributed by atoms with van der Waals surface area (Å²) in [7, 11) is 6.15. The third-order valence-corrected chi connectivity index (χ3v) is 10.8. The highest BCUT2D eigenvalue weighted by Gasteiger charge is 2.28. The van der Waals surface area contributed by atoms with Crippen LogP contribution >= 0.6 is 0 Å². The quantitative estimate of drug-likeness (QED) is 0.152. The van der Waals surface area contributed by atoms with Crippen LogP contribution in [0.25, 0.3) is 22.1 Å². The van der Waals surface area contributed by atoms with Gasteiger partial charge in [0.15, 0.2) is 11.1 Å². The van der Waals surface area contributed by atoms with Gasteiger partial charge in [-0.3, -0.25) is 14.4 Å². The molecule has 0 bridgehead atoms. The molecular formula is C44H52N6O9. The number of hydrogen-bond donors (Lipinski definition) is 2. The lowest BCUT2D eigenvalue weighted by Crippen LogP contribution is -2.28. The van der Waals surface area contributed by atoms with Gasteiger partial charge in [-0.25, -0.2) is 14.3 Å². The van der Waals surface area contributed by atoms with Gasteiger partial charge in [0, 0.05) is 18.5 Å². The van der Waals surface area contributed by atoms with Crippen molar-refractivity contribution in [1.29, 1.82) is 0 Å². The molecule has 2 aliphatic rings. The van der Waals surface area contributed by atoms with Crippen LogP contribution in [0.1, 0.15) is 62.5 Å². The molecule has 2 N–H and O–H groups in total. The second-order valence-corrected chi connectivity index (χ2v) is 14.6. The van der Waals surface area contributed by atoms with Crippen LogP contribution in [-0.2, 0) is 32.2 Å². The van der Waals surface area contributed by atoms with Gasteiger partial charge in [0.1, 0.15) is 22.9 Å². The van der Waals surface area contributed by atoms with Crippen molar-refractivity contribution in [3.63, 3.8) is 0 Å². The lowest BCUT2D eigenvalue weighted by atomic mass is 9.87. The van der Waals surface area contributed by atoms with Crippen LogP contribution in [0.3, 0.4) is 0 Å². The average Bonchev–Trinajstić information content (AvgIpc) is 3.89. The molecule has 4 aromatic heterocycles. The van der Waals surface area contributed by atoms with Gasteiger partial charge in [0.2, 0.25) is 0 Å². The van der Waals surface area contributed by atoms with Crippen LogP contribution in [-0.4, -0.2) is 87.2 Å². The Morgan fingerprint density at radius 2 is 1.22 bits per heavy atom. The Labute approximate surface area is 342 Å². The van der Waals surface area contributed by atoms with Crippen molar-refractivity contribution in [1.82, 2.24) is 29.5 Å². The molecule has 2 fully saturated rings. The number of aliphatic hydroxyl groups excluding tert-OH is 1. The Hall–Kier alpha value is -6.22. The van der Waals surface area contributed by atoms with Gasteiger partial charge < -0.3 is 33.8 Å². The summed E-state index contributed by atoms with van der Waals surface area (Å²) in [5.41, 5.74) is 3.72. The number of esters is 2. The van der Waals surface area contributed by atoms with E-state index in [1.165, 1.54) is 20.3 Å². The number of benzene rings is 2. The minimum atomic E-state index is -0.198. The number of rotatable bonds is 10. The number of H-pyrrole nitrogens is 1. The molecule has 312 valence electrons. The molecule has 4 heterocycles. The van der Waals surface area contributed by atoms with Crippen LogP contribution in [0, 0.1) is 11.8 Å². The predicted octanol–water partition coefficient (Wildman–Crippen LogP) is 6.09. The van der Waals surface area contributed by atoms with Crippen molar-refractivity contribution in [2.75, 3.05) is 28.4 Å². The minimum absolute atomic E-state index is 0.00967. The number of carbonyl (C=O) groups excluding carboxylic acids is 2. The Morgan fingerprint density at radius 1 is 0.695 bits per heavy atom. The Kier molecular flexibility index (Phi) is 14.7. The maximum Gasteiger partial charge on any atom is 0.308 e. The molecule has 8 rings (SSSR count). The molecule has 6 aromatic rings. The van der Waals surface area contributed by atoms with Crippen LogP contribution in [0.2, 0.25) is 0 Å². The number of hydrogen-bond acceptors (Lipinski definition) is 12. The fraction of sp³-hybridized carbons (Fsp3) is 0.409. The average molecular weight is 809 g/mol. The van der Waals surface area contributed by atoms with E-state index in [1.807, 2.05) is 59.3 Å². The number of nitrogens with one attached hydrogen (secondary N) is 1. The highest BCUT2D eigenvalue weighted by Crippen LogP contribution is 2.32. The zero-order valence-electron chi connectivity index (χ0n) is 33.9. The molecule has 0 amide bonds. The molecule has 2 saturated carbocycles. The summed E-state index contributed by atoms with van der Waals surface area (Å²) in [6.45, 7) is 1.22. The summed E-state index contributed by atoms with van der Waals surface area (Å²) in [4.78, 5) is 41.9. The zero-order valence-corrected chi connectivity index (χ0v) is 33.9. The number of pyridine rings is 2. The first-order valence-electron chi connectivity index (χ1n) is 19.8. The molecule has 0 atom stereocenters. The SMILES string of the molecule is COC(=O)C1CCC(O)CC1.COC(=O)C1CCC(Oc2ccnc3c2cnn3Cc2ccc(OC)cc2)CC1.COc1ccc(Cn2ncc3c(=O)cc[nH]c32)cc1. The van der Waals surface area contributed by atoms with Gasteiger partial charge in [0.05, 0.1) is 88.7 Å². The van der Waals surface area contributed by atoms with E-state index < -0.39 is 0 Å². The van der Waals surface area contributed by atoms with Crippen molar-refractivity contribution in [3.05, 3.63) is 107 Å². The van der Waals surface area contributed by atoms with Crippen molar-refractivity contribution >= 4 is 34.0 Å². The molecule has 0 unspecified atom stereocenters. The Morgan fingerprint density at radius 3 is 1.78 bits per heavy atom. The monoisotopic (exact) mass is 808 g/mol. The third kappa shape index (κ3) is 11.0. The fourth-order valence-electron chi connectivity index (χ4n) is 7.35. The number of fused-ring (bicyclic) bond motifs is 2. The summed E-state index contributed by atoms with van der Waals surface area (Å²) in [5.74, 6) is 2.22. The molecular weight excluding hydrogens is 757 g/mol. The van der Waals surface area contributed by atoms with Gasteiger partial charge in [-0.2, -0.15) is 10.2 Å². The molecule has 2 aromatic carbocycles.